The van der Waals surface area contributed by atoms with Crippen LogP contribution in [0.1, 0.15) is 10.4 Å². The standard InChI is InChI=1S/C14H10ClFO3/c1-19-9-3-5-10(12(7-9)14(17)18)11-4-2-8(15)6-13(11)16/h2-7H,1H3,(H,17,18). The molecule has 2 rings (SSSR count). The Morgan fingerprint density at radius 2 is 1.89 bits per heavy atom. The number of methoxy groups -OCH3 is 1. The van der Waals surface area contributed by atoms with Gasteiger partial charge in [0.2, 0.25) is 0 Å². The summed E-state index contributed by atoms with van der Waals surface area (Å²) in [6, 6.07) is 8.55. The normalized spacial score (nSPS) is 10.3. The maximum Gasteiger partial charge on any atom is 0.336 e. The van der Waals surface area contributed by atoms with Crippen LogP contribution in [-0.2, 0) is 0 Å². The van der Waals surface area contributed by atoms with Crippen LogP contribution in [-0.4, -0.2) is 18.2 Å². The summed E-state index contributed by atoms with van der Waals surface area (Å²) in [5.41, 5.74) is 0.437. The summed E-state index contributed by atoms with van der Waals surface area (Å²) in [4.78, 5) is 11.2. The van der Waals surface area contributed by atoms with Crippen LogP contribution in [0.5, 0.6) is 5.75 Å². The molecule has 0 saturated carbocycles. The number of aromatic carboxylic acids is 1. The number of halogens is 2. The molecule has 0 spiro atoms. The number of carbonyl (C=O) groups is 1. The van der Waals surface area contributed by atoms with E-state index < -0.39 is 11.8 Å². The number of benzene rings is 2. The molecular formula is C14H10ClFO3. The molecule has 0 aliphatic heterocycles. The van der Waals surface area contributed by atoms with E-state index in [4.69, 9.17) is 16.3 Å². The van der Waals surface area contributed by atoms with Crippen molar-refractivity contribution in [2.45, 2.75) is 0 Å². The summed E-state index contributed by atoms with van der Waals surface area (Å²) in [7, 11) is 1.43. The van der Waals surface area contributed by atoms with Crippen molar-refractivity contribution in [3.63, 3.8) is 0 Å². The maximum atomic E-state index is 13.9. The fourth-order valence-electron chi connectivity index (χ4n) is 1.77. The number of ether oxygens (including phenoxy) is 1. The second-order valence-electron chi connectivity index (χ2n) is 3.84. The molecule has 0 aliphatic carbocycles. The van der Waals surface area contributed by atoms with Crippen LogP contribution in [0.4, 0.5) is 4.39 Å². The van der Waals surface area contributed by atoms with E-state index in [1.54, 1.807) is 6.07 Å². The molecule has 0 radical (unpaired) electrons. The Hall–Kier alpha value is -2.07. The lowest BCUT2D eigenvalue weighted by molar-refractivity contribution is 0.0697. The van der Waals surface area contributed by atoms with Crippen molar-refractivity contribution < 1.29 is 19.0 Å². The molecule has 0 heterocycles. The number of carboxylic acid groups (broad SMARTS) is 1. The van der Waals surface area contributed by atoms with Gasteiger partial charge in [0.05, 0.1) is 12.7 Å². The van der Waals surface area contributed by atoms with E-state index in [9.17, 15) is 14.3 Å². The second-order valence-corrected chi connectivity index (χ2v) is 4.28. The number of hydrogen-bond acceptors (Lipinski definition) is 2. The zero-order chi connectivity index (χ0) is 14.0. The summed E-state index contributed by atoms with van der Waals surface area (Å²) < 4.78 is 18.8. The van der Waals surface area contributed by atoms with Crippen LogP contribution in [0.3, 0.4) is 0 Å². The topological polar surface area (TPSA) is 46.5 Å². The average Bonchev–Trinajstić information content (AvgIpc) is 2.38. The highest BCUT2D eigenvalue weighted by molar-refractivity contribution is 6.30. The number of carboxylic acids is 1. The first-order chi connectivity index (χ1) is 9.02. The Bertz CT molecular complexity index is 641. The van der Waals surface area contributed by atoms with Gasteiger partial charge in [-0.05, 0) is 42.0 Å². The van der Waals surface area contributed by atoms with E-state index in [1.807, 2.05) is 0 Å². The zero-order valence-corrected chi connectivity index (χ0v) is 10.7. The third-order valence-electron chi connectivity index (χ3n) is 2.68. The summed E-state index contributed by atoms with van der Waals surface area (Å²) in [5.74, 6) is -1.32. The van der Waals surface area contributed by atoms with E-state index in [2.05, 4.69) is 0 Å². The van der Waals surface area contributed by atoms with Crippen molar-refractivity contribution in [3.05, 3.63) is 52.8 Å². The molecule has 0 fully saturated rings. The Balaban J connectivity index is 2.64. The average molecular weight is 281 g/mol. The Morgan fingerprint density at radius 3 is 2.47 bits per heavy atom. The predicted molar refractivity (Wildman–Crippen MR) is 70.4 cm³/mol. The van der Waals surface area contributed by atoms with E-state index >= 15 is 0 Å². The molecule has 5 heteroatoms. The summed E-state index contributed by atoms with van der Waals surface area (Å²) in [6.45, 7) is 0. The van der Waals surface area contributed by atoms with Gasteiger partial charge in [-0.25, -0.2) is 9.18 Å². The van der Waals surface area contributed by atoms with Gasteiger partial charge in [0, 0.05) is 10.6 Å². The SMILES string of the molecule is COc1ccc(-c2ccc(Cl)cc2F)c(C(=O)O)c1. The molecule has 0 atom stereocenters. The van der Waals surface area contributed by atoms with Gasteiger partial charge in [-0.2, -0.15) is 0 Å². The van der Waals surface area contributed by atoms with Crippen LogP contribution >= 0.6 is 11.6 Å². The van der Waals surface area contributed by atoms with Gasteiger partial charge in [-0.15, -0.1) is 0 Å². The highest BCUT2D eigenvalue weighted by Crippen LogP contribution is 2.30. The Labute approximate surface area is 114 Å². The highest BCUT2D eigenvalue weighted by atomic mass is 35.5. The smallest absolute Gasteiger partial charge is 0.336 e. The van der Waals surface area contributed by atoms with Gasteiger partial charge in [0.1, 0.15) is 11.6 Å². The fourth-order valence-corrected chi connectivity index (χ4v) is 1.93. The third-order valence-corrected chi connectivity index (χ3v) is 2.91. The minimum absolute atomic E-state index is 0.0272. The van der Waals surface area contributed by atoms with Crippen LogP contribution in [0.15, 0.2) is 36.4 Å². The van der Waals surface area contributed by atoms with Crippen LogP contribution in [0.25, 0.3) is 11.1 Å². The molecule has 0 amide bonds. The Morgan fingerprint density at radius 1 is 1.21 bits per heavy atom. The van der Waals surface area contributed by atoms with Crippen molar-refractivity contribution in [1.29, 1.82) is 0 Å². The second kappa shape index (κ2) is 5.28. The summed E-state index contributed by atoms with van der Waals surface area (Å²) >= 11 is 5.68. The first-order valence-corrected chi connectivity index (χ1v) is 5.77. The molecule has 98 valence electrons. The highest BCUT2D eigenvalue weighted by Gasteiger charge is 2.16. The molecule has 0 unspecified atom stereocenters. The lowest BCUT2D eigenvalue weighted by Crippen LogP contribution is -2.01. The lowest BCUT2D eigenvalue weighted by Gasteiger charge is -2.09. The van der Waals surface area contributed by atoms with Crippen molar-refractivity contribution in [2.75, 3.05) is 7.11 Å². The van der Waals surface area contributed by atoms with Crippen molar-refractivity contribution >= 4 is 17.6 Å². The van der Waals surface area contributed by atoms with Crippen molar-refractivity contribution in [1.82, 2.24) is 0 Å². The molecule has 0 bridgehead atoms. The number of hydrogen-bond donors (Lipinski definition) is 1. The molecular weight excluding hydrogens is 271 g/mol. The molecule has 3 nitrogen and oxygen atoms in total. The quantitative estimate of drug-likeness (QED) is 0.929. The van der Waals surface area contributed by atoms with E-state index in [1.165, 1.54) is 31.4 Å². The third kappa shape index (κ3) is 2.69. The zero-order valence-electron chi connectivity index (χ0n) is 9.98. The van der Waals surface area contributed by atoms with E-state index in [0.29, 0.717) is 5.75 Å². The van der Waals surface area contributed by atoms with Crippen LogP contribution in [0, 0.1) is 5.82 Å². The minimum Gasteiger partial charge on any atom is -0.497 e. The molecule has 2 aromatic rings. The first kappa shape index (κ1) is 13.4. The van der Waals surface area contributed by atoms with Crippen molar-refractivity contribution in [3.8, 4) is 16.9 Å². The lowest BCUT2D eigenvalue weighted by atomic mass is 9.99. The van der Waals surface area contributed by atoms with Gasteiger partial charge in [0.25, 0.3) is 0 Å². The molecule has 19 heavy (non-hydrogen) atoms. The van der Waals surface area contributed by atoms with Crippen molar-refractivity contribution in [2.24, 2.45) is 0 Å². The van der Waals surface area contributed by atoms with Crippen LogP contribution < -0.4 is 4.74 Å². The van der Waals surface area contributed by atoms with Gasteiger partial charge < -0.3 is 9.84 Å². The Kier molecular flexibility index (Phi) is 3.71. The van der Waals surface area contributed by atoms with Gasteiger partial charge in [-0.1, -0.05) is 11.6 Å². The summed E-state index contributed by atoms with van der Waals surface area (Å²) in [5, 5.41) is 9.44. The van der Waals surface area contributed by atoms with E-state index in [0.717, 1.165) is 6.07 Å². The molecule has 1 N–H and O–H groups in total. The fraction of sp³-hybridized carbons (Fsp3) is 0.0714. The number of rotatable bonds is 3. The van der Waals surface area contributed by atoms with Crippen LogP contribution in [0.2, 0.25) is 5.02 Å². The molecule has 0 aliphatic rings. The monoisotopic (exact) mass is 280 g/mol. The minimum atomic E-state index is -1.15. The van der Waals surface area contributed by atoms with Gasteiger partial charge in [0.15, 0.2) is 0 Å². The summed E-state index contributed by atoms with van der Waals surface area (Å²) in [6.07, 6.45) is 0. The van der Waals surface area contributed by atoms with E-state index in [-0.39, 0.29) is 21.7 Å². The predicted octanol–water partition coefficient (Wildman–Crippen LogP) is 3.85. The molecule has 0 saturated heterocycles. The maximum absolute atomic E-state index is 13.9. The molecule has 0 aromatic heterocycles. The largest absolute Gasteiger partial charge is 0.497 e. The van der Waals surface area contributed by atoms with Gasteiger partial charge >= 0.3 is 5.97 Å². The van der Waals surface area contributed by atoms with Gasteiger partial charge in [-0.3, -0.25) is 0 Å². The molecule has 2 aromatic carbocycles. The first-order valence-electron chi connectivity index (χ1n) is 5.39.